The molecule has 0 saturated carbocycles. The maximum atomic E-state index is 12.6. The van der Waals surface area contributed by atoms with Gasteiger partial charge in [-0.3, -0.25) is 0 Å². The summed E-state index contributed by atoms with van der Waals surface area (Å²) in [5, 5.41) is 0. The van der Waals surface area contributed by atoms with Crippen molar-refractivity contribution in [1.82, 2.24) is 4.31 Å². The number of hydrogen-bond acceptors (Lipinski definition) is 7. The molecule has 4 rings (SSSR count). The van der Waals surface area contributed by atoms with E-state index in [9.17, 15) is 13.2 Å². The Balaban J connectivity index is 1.47. The summed E-state index contributed by atoms with van der Waals surface area (Å²) in [6, 6.07) is 10.5. The molecule has 1 saturated heterocycles. The molecule has 2 aromatic carbocycles. The van der Waals surface area contributed by atoms with Crippen molar-refractivity contribution in [3.8, 4) is 17.2 Å². The molecule has 27 heavy (non-hydrogen) atoms. The number of carbonyl (C=O) groups is 1. The Hall–Kier alpha value is -2.62. The van der Waals surface area contributed by atoms with Crippen molar-refractivity contribution in [2.45, 2.75) is 4.90 Å². The van der Waals surface area contributed by atoms with Crippen LogP contribution in [0.15, 0.2) is 47.4 Å². The number of nitrogens with zero attached hydrogens (tertiary/aromatic N) is 1. The van der Waals surface area contributed by atoms with Crippen molar-refractivity contribution in [3.05, 3.63) is 48.0 Å². The lowest BCUT2D eigenvalue weighted by Gasteiger charge is -2.26. The highest BCUT2D eigenvalue weighted by Crippen LogP contribution is 2.35. The third kappa shape index (κ3) is 3.61. The number of sulfonamides is 1. The van der Waals surface area contributed by atoms with Crippen LogP contribution in [0.25, 0.3) is 0 Å². The van der Waals surface area contributed by atoms with Crippen LogP contribution in [0.1, 0.15) is 10.4 Å². The fourth-order valence-corrected chi connectivity index (χ4v) is 4.21. The fourth-order valence-electron chi connectivity index (χ4n) is 2.81. The van der Waals surface area contributed by atoms with Gasteiger partial charge in [-0.2, -0.15) is 4.31 Å². The summed E-state index contributed by atoms with van der Waals surface area (Å²) in [5.41, 5.74) is 0.244. The average Bonchev–Trinajstić information content (AvgIpc) is 3.16. The summed E-state index contributed by atoms with van der Waals surface area (Å²) >= 11 is 0. The van der Waals surface area contributed by atoms with E-state index < -0.39 is 16.0 Å². The van der Waals surface area contributed by atoms with Crippen molar-refractivity contribution in [2.75, 3.05) is 33.1 Å². The molecule has 0 N–H and O–H groups in total. The number of fused-ring (bicyclic) bond motifs is 1. The van der Waals surface area contributed by atoms with Crippen LogP contribution in [0.5, 0.6) is 17.2 Å². The van der Waals surface area contributed by atoms with E-state index in [1.165, 1.54) is 28.6 Å². The summed E-state index contributed by atoms with van der Waals surface area (Å²) < 4.78 is 47.5. The fraction of sp³-hybridized carbons (Fsp3) is 0.278. The smallest absolute Gasteiger partial charge is 0.343 e. The summed E-state index contributed by atoms with van der Waals surface area (Å²) in [7, 11) is -3.60. The standard InChI is InChI=1S/C18H17NO7S/c20-18(26-14-3-6-16-17(11-14)25-12-24-16)13-1-4-15(5-2-13)27(21,22)19-7-9-23-10-8-19/h1-6,11H,7-10,12H2. The van der Waals surface area contributed by atoms with E-state index >= 15 is 0 Å². The van der Waals surface area contributed by atoms with E-state index in [0.717, 1.165) is 0 Å². The number of carbonyl (C=O) groups excluding carboxylic acids is 1. The molecule has 0 spiro atoms. The molecular weight excluding hydrogens is 374 g/mol. The van der Waals surface area contributed by atoms with Crippen molar-refractivity contribution < 1.29 is 32.2 Å². The van der Waals surface area contributed by atoms with Crippen LogP contribution >= 0.6 is 0 Å². The normalized spacial score (nSPS) is 16.9. The lowest BCUT2D eigenvalue weighted by molar-refractivity contribution is 0.0730. The minimum Gasteiger partial charge on any atom is -0.454 e. The van der Waals surface area contributed by atoms with Gasteiger partial charge in [0.15, 0.2) is 11.5 Å². The number of benzene rings is 2. The molecule has 0 atom stereocenters. The van der Waals surface area contributed by atoms with Crippen LogP contribution in [-0.2, 0) is 14.8 Å². The van der Waals surface area contributed by atoms with Crippen LogP contribution in [0.4, 0.5) is 0 Å². The molecule has 0 radical (unpaired) electrons. The topological polar surface area (TPSA) is 91.4 Å². The molecule has 2 aliphatic heterocycles. The maximum absolute atomic E-state index is 12.6. The monoisotopic (exact) mass is 391 g/mol. The van der Waals surface area contributed by atoms with E-state index in [0.29, 0.717) is 43.6 Å². The zero-order valence-corrected chi connectivity index (χ0v) is 15.1. The first kappa shape index (κ1) is 17.8. The van der Waals surface area contributed by atoms with Gasteiger partial charge >= 0.3 is 5.97 Å². The van der Waals surface area contributed by atoms with Crippen LogP contribution < -0.4 is 14.2 Å². The minimum absolute atomic E-state index is 0.129. The third-order valence-electron chi connectivity index (χ3n) is 4.25. The zero-order valence-electron chi connectivity index (χ0n) is 14.3. The minimum atomic E-state index is -3.60. The molecule has 2 aromatic rings. The highest BCUT2D eigenvalue weighted by Gasteiger charge is 2.26. The Labute approximate surface area is 156 Å². The zero-order chi connectivity index (χ0) is 18.9. The predicted octanol–water partition coefficient (Wildman–Crippen LogP) is 1.66. The van der Waals surface area contributed by atoms with Crippen molar-refractivity contribution in [1.29, 1.82) is 0 Å². The molecular formula is C18H17NO7S. The van der Waals surface area contributed by atoms with Crippen LogP contribution in [-0.4, -0.2) is 51.8 Å². The summed E-state index contributed by atoms with van der Waals surface area (Å²) in [6.45, 7) is 1.51. The second-order valence-corrected chi connectivity index (χ2v) is 7.88. The SMILES string of the molecule is O=C(Oc1ccc2c(c1)OCO2)c1ccc(S(=O)(=O)N2CCOCC2)cc1. The Bertz CT molecular complexity index is 950. The van der Waals surface area contributed by atoms with Gasteiger partial charge < -0.3 is 18.9 Å². The molecule has 0 amide bonds. The lowest BCUT2D eigenvalue weighted by Crippen LogP contribution is -2.40. The van der Waals surface area contributed by atoms with Crippen molar-refractivity contribution in [2.24, 2.45) is 0 Å². The number of esters is 1. The molecule has 8 nitrogen and oxygen atoms in total. The molecule has 2 aliphatic rings. The van der Waals surface area contributed by atoms with Gasteiger partial charge in [-0.1, -0.05) is 0 Å². The molecule has 0 unspecified atom stereocenters. The van der Waals surface area contributed by atoms with Gasteiger partial charge in [0.25, 0.3) is 0 Å². The van der Waals surface area contributed by atoms with Crippen LogP contribution in [0.3, 0.4) is 0 Å². The van der Waals surface area contributed by atoms with E-state index in [-0.39, 0.29) is 17.3 Å². The molecule has 1 fully saturated rings. The van der Waals surface area contributed by atoms with Crippen LogP contribution in [0.2, 0.25) is 0 Å². The van der Waals surface area contributed by atoms with Gasteiger partial charge in [0, 0.05) is 19.2 Å². The van der Waals surface area contributed by atoms with Gasteiger partial charge in [-0.25, -0.2) is 13.2 Å². The molecule has 0 aliphatic carbocycles. The Kier molecular flexibility index (Phi) is 4.73. The highest BCUT2D eigenvalue weighted by molar-refractivity contribution is 7.89. The van der Waals surface area contributed by atoms with E-state index in [1.54, 1.807) is 18.2 Å². The first-order chi connectivity index (χ1) is 13.0. The summed E-state index contributed by atoms with van der Waals surface area (Å²) in [6.07, 6.45) is 0. The molecule has 0 aromatic heterocycles. The maximum Gasteiger partial charge on any atom is 0.343 e. The first-order valence-corrected chi connectivity index (χ1v) is 9.78. The first-order valence-electron chi connectivity index (χ1n) is 8.34. The largest absolute Gasteiger partial charge is 0.454 e. The molecule has 0 bridgehead atoms. The van der Waals surface area contributed by atoms with Crippen molar-refractivity contribution in [3.63, 3.8) is 0 Å². The van der Waals surface area contributed by atoms with Crippen molar-refractivity contribution >= 4 is 16.0 Å². The second-order valence-electron chi connectivity index (χ2n) is 5.95. The third-order valence-corrected chi connectivity index (χ3v) is 6.17. The Morgan fingerprint density at radius 2 is 1.67 bits per heavy atom. The number of morpholine rings is 1. The van der Waals surface area contributed by atoms with Gasteiger partial charge in [-0.15, -0.1) is 0 Å². The Morgan fingerprint density at radius 3 is 2.41 bits per heavy atom. The molecule has 9 heteroatoms. The lowest BCUT2D eigenvalue weighted by atomic mass is 10.2. The summed E-state index contributed by atoms with van der Waals surface area (Å²) in [4.78, 5) is 12.4. The number of ether oxygens (including phenoxy) is 4. The van der Waals surface area contributed by atoms with Gasteiger partial charge in [0.1, 0.15) is 5.75 Å². The predicted molar refractivity (Wildman–Crippen MR) is 93.5 cm³/mol. The quantitative estimate of drug-likeness (QED) is 0.578. The van der Waals surface area contributed by atoms with E-state index in [4.69, 9.17) is 18.9 Å². The van der Waals surface area contributed by atoms with E-state index in [1.807, 2.05) is 0 Å². The van der Waals surface area contributed by atoms with E-state index in [2.05, 4.69) is 0 Å². The van der Waals surface area contributed by atoms with Gasteiger partial charge in [-0.05, 0) is 36.4 Å². The average molecular weight is 391 g/mol. The summed E-state index contributed by atoms with van der Waals surface area (Å²) in [5.74, 6) is 0.818. The number of hydrogen-bond donors (Lipinski definition) is 0. The number of rotatable bonds is 4. The van der Waals surface area contributed by atoms with Gasteiger partial charge in [0.2, 0.25) is 16.8 Å². The molecule has 142 valence electrons. The second kappa shape index (κ2) is 7.18. The van der Waals surface area contributed by atoms with Crippen LogP contribution in [0, 0.1) is 0 Å². The van der Waals surface area contributed by atoms with Gasteiger partial charge in [0.05, 0.1) is 23.7 Å². The highest BCUT2D eigenvalue weighted by atomic mass is 32.2. The Morgan fingerprint density at radius 1 is 0.963 bits per heavy atom. The molecule has 2 heterocycles.